The van der Waals surface area contributed by atoms with E-state index < -0.39 is 50.9 Å². The molecule has 11 heteroatoms. The molecule has 0 radical (unpaired) electrons. The Kier molecular flexibility index (Phi) is 8.56. The molecule has 0 heterocycles. The molecule has 0 aromatic heterocycles. The van der Waals surface area contributed by atoms with Crippen molar-refractivity contribution in [1.82, 2.24) is 4.90 Å². The maximum absolute atomic E-state index is 14.6. The third-order valence-corrected chi connectivity index (χ3v) is 8.77. The quantitative estimate of drug-likeness (QED) is 0.405. The van der Waals surface area contributed by atoms with Crippen LogP contribution in [-0.4, -0.2) is 53.4 Å². The Morgan fingerprint density at radius 1 is 1.08 bits per heavy atom. The van der Waals surface area contributed by atoms with E-state index in [-0.39, 0.29) is 35.6 Å². The normalized spacial score (nSPS) is 17.1. The zero-order chi connectivity index (χ0) is 29.4. The summed E-state index contributed by atoms with van der Waals surface area (Å²) in [5.74, 6) is -1.50. The molecular formula is C28H34F3N3O4S. The number of amides is 1. The lowest BCUT2D eigenvalue weighted by atomic mass is 9.93. The molecule has 3 rings (SSSR count). The number of nitriles is 1. The number of carbonyl (C=O) groups excluding carboxylic acids is 1. The molecule has 7 nitrogen and oxygen atoms in total. The number of sulfone groups is 1. The first-order chi connectivity index (χ1) is 17.9. The number of hydrogen-bond acceptors (Lipinski definition) is 6. The van der Waals surface area contributed by atoms with Gasteiger partial charge in [0.05, 0.1) is 28.4 Å². The fourth-order valence-electron chi connectivity index (χ4n) is 4.85. The Morgan fingerprint density at radius 3 is 1.92 bits per heavy atom. The fraction of sp³-hybridized carbons (Fsp3) is 0.500. The van der Waals surface area contributed by atoms with Crippen LogP contribution in [0, 0.1) is 17.2 Å². The van der Waals surface area contributed by atoms with Crippen molar-refractivity contribution >= 4 is 15.7 Å². The Balaban J connectivity index is 1.99. The van der Waals surface area contributed by atoms with Gasteiger partial charge in [-0.3, -0.25) is 9.69 Å². The maximum atomic E-state index is 14.6. The summed E-state index contributed by atoms with van der Waals surface area (Å²) in [5.41, 5.74) is 3.74. The highest BCUT2D eigenvalue weighted by atomic mass is 32.2. The van der Waals surface area contributed by atoms with Crippen molar-refractivity contribution in [1.29, 1.82) is 5.26 Å². The molecule has 0 unspecified atom stereocenters. The third kappa shape index (κ3) is 7.18. The largest absolute Gasteiger partial charge is 0.408 e. The van der Waals surface area contributed by atoms with Gasteiger partial charge in [-0.05, 0) is 67.9 Å². The summed E-state index contributed by atoms with van der Waals surface area (Å²) >= 11 is 0. The van der Waals surface area contributed by atoms with Crippen LogP contribution in [0.25, 0.3) is 11.1 Å². The summed E-state index contributed by atoms with van der Waals surface area (Å²) in [5, 5.41) is 19.7. The number of hydrogen-bond donors (Lipinski definition) is 2. The summed E-state index contributed by atoms with van der Waals surface area (Å²) < 4.78 is 68.9. The van der Waals surface area contributed by atoms with Crippen LogP contribution in [0.5, 0.6) is 0 Å². The van der Waals surface area contributed by atoms with E-state index in [2.05, 4.69) is 0 Å². The number of alkyl halides is 3. The van der Waals surface area contributed by atoms with E-state index in [9.17, 15) is 36.8 Å². The van der Waals surface area contributed by atoms with Crippen LogP contribution in [0.2, 0.25) is 0 Å². The van der Waals surface area contributed by atoms with Gasteiger partial charge in [0.1, 0.15) is 11.6 Å². The van der Waals surface area contributed by atoms with E-state index in [4.69, 9.17) is 5.73 Å². The second-order valence-corrected chi connectivity index (χ2v) is 13.3. The van der Waals surface area contributed by atoms with Crippen molar-refractivity contribution < 1.29 is 31.5 Å². The number of nitrogens with zero attached hydrogens (tertiary/aromatic N) is 2. The molecule has 39 heavy (non-hydrogen) atoms. The van der Waals surface area contributed by atoms with Gasteiger partial charge in [0.2, 0.25) is 5.91 Å². The standard InChI is InChI=1S/C28H34F3N3O4S/c1-18(2)15-23(25(33)35)34(27(16-32)13-14-27)24(28(29,30)31)21-7-5-19(6-8-21)20-9-11-22(12-10-20)39(37,38)17-26(3,4)36/h5-12,18,23-24,36H,13-15,17H2,1-4H3,(H2,33,35)/t23-,24-/m0/s1. The maximum Gasteiger partial charge on any atom is 0.408 e. The Morgan fingerprint density at radius 2 is 1.56 bits per heavy atom. The number of nitrogens with two attached hydrogens (primary N) is 1. The van der Waals surface area contributed by atoms with Gasteiger partial charge in [0, 0.05) is 0 Å². The number of carbonyl (C=O) groups is 1. The number of halogens is 3. The van der Waals surface area contributed by atoms with Gasteiger partial charge in [0.25, 0.3) is 0 Å². The lowest BCUT2D eigenvalue weighted by Gasteiger charge is -2.41. The molecule has 0 aliphatic heterocycles. The van der Waals surface area contributed by atoms with Crippen LogP contribution in [0.3, 0.4) is 0 Å². The highest BCUT2D eigenvalue weighted by Crippen LogP contribution is 2.52. The topological polar surface area (TPSA) is 124 Å². The van der Waals surface area contributed by atoms with E-state index in [1.807, 2.05) is 6.07 Å². The van der Waals surface area contributed by atoms with Crippen molar-refractivity contribution in [3.05, 3.63) is 54.1 Å². The van der Waals surface area contributed by atoms with Crippen LogP contribution >= 0.6 is 0 Å². The minimum Gasteiger partial charge on any atom is -0.389 e. The first-order valence-corrected chi connectivity index (χ1v) is 14.3. The van der Waals surface area contributed by atoms with E-state index in [0.717, 1.165) is 4.90 Å². The molecule has 1 saturated carbocycles. The molecule has 1 fully saturated rings. The monoisotopic (exact) mass is 565 g/mol. The first kappa shape index (κ1) is 30.6. The van der Waals surface area contributed by atoms with E-state index in [1.54, 1.807) is 26.0 Å². The van der Waals surface area contributed by atoms with E-state index in [0.29, 0.717) is 11.1 Å². The number of primary amides is 1. The van der Waals surface area contributed by atoms with Crippen molar-refractivity contribution in [3.63, 3.8) is 0 Å². The SMILES string of the molecule is CC(C)C[C@@H](C(N)=O)N([C@@H](c1ccc(-c2ccc(S(=O)(=O)CC(C)(C)O)cc2)cc1)C(F)(F)F)C1(C#N)CC1. The van der Waals surface area contributed by atoms with Crippen molar-refractivity contribution in [2.45, 2.75) is 81.3 Å². The van der Waals surface area contributed by atoms with Gasteiger partial charge >= 0.3 is 6.18 Å². The molecule has 3 N–H and O–H groups in total. The van der Waals surface area contributed by atoms with Gasteiger partial charge in [-0.2, -0.15) is 18.4 Å². The lowest BCUT2D eigenvalue weighted by Crippen LogP contribution is -2.56. The molecule has 1 aliphatic rings. The molecule has 0 bridgehead atoms. The van der Waals surface area contributed by atoms with Crippen molar-refractivity contribution in [3.8, 4) is 17.2 Å². The zero-order valence-electron chi connectivity index (χ0n) is 22.4. The molecule has 0 saturated heterocycles. The summed E-state index contributed by atoms with van der Waals surface area (Å²) in [7, 11) is -3.74. The predicted molar refractivity (Wildman–Crippen MR) is 141 cm³/mol. The minimum atomic E-state index is -4.80. The smallest absolute Gasteiger partial charge is 0.389 e. The highest BCUT2D eigenvalue weighted by Gasteiger charge is 2.60. The second-order valence-electron chi connectivity index (χ2n) is 11.3. The highest BCUT2D eigenvalue weighted by molar-refractivity contribution is 7.91. The molecule has 2 atom stereocenters. The molecule has 212 valence electrons. The third-order valence-electron chi connectivity index (χ3n) is 6.69. The summed E-state index contributed by atoms with van der Waals surface area (Å²) in [6, 6.07) is 9.94. The predicted octanol–water partition coefficient (Wildman–Crippen LogP) is 4.76. The van der Waals surface area contributed by atoms with E-state index in [1.165, 1.54) is 50.2 Å². The van der Waals surface area contributed by atoms with Gasteiger partial charge < -0.3 is 10.8 Å². The summed E-state index contributed by atoms with van der Waals surface area (Å²) in [4.78, 5) is 13.4. The van der Waals surface area contributed by atoms with Crippen LogP contribution in [0.4, 0.5) is 13.2 Å². The second kappa shape index (κ2) is 10.9. The molecule has 2 aromatic carbocycles. The Labute approximate surface area is 227 Å². The zero-order valence-corrected chi connectivity index (χ0v) is 23.2. The van der Waals surface area contributed by atoms with E-state index >= 15 is 0 Å². The van der Waals surface area contributed by atoms with Crippen molar-refractivity contribution in [2.75, 3.05) is 5.75 Å². The molecule has 1 aliphatic carbocycles. The Bertz CT molecular complexity index is 1320. The average molecular weight is 566 g/mol. The summed E-state index contributed by atoms with van der Waals surface area (Å²) in [6.45, 7) is 6.34. The molecule has 2 aromatic rings. The number of aliphatic hydroxyl groups is 1. The molecule has 0 spiro atoms. The lowest BCUT2D eigenvalue weighted by molar-refractivity contribution is -0.200. The van der Waals surface area contributed by atoms with Crippen LogP contribution < -0.4 is 5.73 Å². The van der Waals surface area contributed by atoms with Crippen molar-refractivity contribution in [2.24, 2.45) is 11.7 Å². The van der Waals surface area contributed by atoms with Crippen LogP contribution in [0.15, 0.2) is 53.4 Å². The van der Waals surface area contributed by atoms with Gasteiger partial charge in [-0.1, -0.05) is 50.2 Å². The minimum absolute atomic E-state index is 0.0200. The van der Waals surface area contributed by atoms with Crippen LogP contribution in [0.1, 0.15) is 58.6 Å². The van der Waals surface area contributed by atoms with Gasteiger partial charge in [-0.25, -0.2) is 8.42 Å². The van der Waals surface area contributed by atoms with Gasteiger partial charge in [-0.15, -0.1) is 0 Å². The summed E-state index contributed by atoms with van der Waals surface area (Å²) in [6.07, 6.45) is -4.31. The molecule has 1 amide bonds. The Hall–Kier alpha value is -2.94. The van der Waals surface area contributed by atoms with Crippen LogP contribution in [-0.2, 0) is 14.6 Å². The first-order valence-electron chi connectivity index (χ1n) is 12.6. The van der Waals surface area contributed by atoms with Gasteiger partial charge in [0.15, 0.2) is 9.84 Å². The fourth-order valence-corrected chi connectivity index (χ4v) is 6.50. The average Bonchev–Trinajstić information content (AvgIpc) is 3.60. The number of rotatable bonds is 11. The molecular weight excluding hydrogens is 531 g/mol. The number of benzene rings is 2.